The number of rotatable bonds is 1. The van der Waals surface area contributed by atoms with Gasteiger partial charge in [0.25, 0.3) is 0 Å². The SMILES string of the molecule is CC1(OC(N)=O)CCCC1. The smallest absolute Gasteiger partial charge is 0.405 e. The van der Waals surface area contributed by atoms with E-state index < -0.39 is 6.09 Å². The third-order valence-corrected chi connectivity index (χ3v) is 2.01. The van der Waals surface area contributed by atoms with E-state index in [4.69, 9.17) is 10.5 Å². The van der Waals surface area contributed by atoms with Gasteiger partial charge in [-0.15, -0.1) is 0 Å². The second kappa shape index (κ2) is 2.48. The standard InChI is InChI=1S/C7H13NO2/c1-7(10-6(8)9)4-2-3-5-7/h2-5H2,1H3,(H2,8,9). The van der Waals surface area contributed by atoms with E-state index in [0.717, 1.165) is 25.7 Å². The molecule has 0 bridgehead atoms. The van der Waals surface area contributed by atoms with E-state index in [2.05, 4.69) is 0 Å². The minimum absolute atomic E-state index is 0.258. The van der Waals surface area contributed by atoms with E-state index in [0.29, 0.717) is 0 Å². The van der Waals surface area contributed by atoms with Crippen molar-refractivity contribution in [2.75, 3.05) is 0 Å². The summed E-state index contributed by atoms with van der Waals surface area (Å²) in [6.07, 6.45) is 3.55. The summed E-state index contributed by atoms with van der Waals surface area (Å²) in [5, 5.41) is 0. The lowest BCUT2D eigenvalue weighted by Crippen LogP contribution is -2.30. The number of nitrogens with two attached hydrogens (primary N) is 1. The number of amides is 1. The van der Waals surface area contributed by atoms with Gasteiger partial charge in [0, 0.05) is 0 Å². The molecule has 58 valence electrons. The summed E-state index contributed by atoms with van der Waals surface area (Å²) in [7, 11) is 0. The van der Waals surface area contributed by atoms with Crippen LogP contribution in [-0.2, 0) is 4.74 Å². The Morgan fingerprint density at radius 3 is 2.40 bits per heavy atom. The van der Waals surface area contributed by atoms with Crippen molar-refractivity contribution in [3.8, 4) is 0 Å². The average molecular weight is 143 g/mol. The molecule has 0 heterocycles. The molecule has 0 aromatic heterocycles. The molecule has 1 aliphatic rings. The van der Waals surface area contributed by atoms with Crippen molar-refractivity contribution in [1.82, 2.24) is 0 Å². The summed E-state index contributed by atoms with van der Waals surface area (Å²) in [4.78, 5) is 10.4. The van der Waals surface area contributed by atoms with Crippen LogP contribution in [0.3, 0.4) is 0 Å². The van der Waals surface area contributed by atoms with Gasteiger partial charge in [0.2, 0.25) is 0 Å². The van der Waals surface area contributed by atoms with Crippen LogP contribution in [0.5, 0.6) is 0 Å². The number of hydrogen-bond donors (Lipinski definition) is 1. The van der Waals surface area contributed by atoms with Gasteiger partial charge < -0.3 is 10.5 Å². The molecule has 2 N–H and O–H groups in total. The van der Waals surface area contributed by atoms with Gasteiger partial charge in [0.15, 0.2) is 0 Å². The molecule has 0 aromatic carbocycles. The Balaban J connectivity index is 2.43. The first-order valence-corrected chi connectivity index (χ1v) is 3.61. The van der Waals surface area contributed by atoms with Crippen molar-refractivity contribution >= 4 is 6.09 Å². The van der Waals surface area contributed by atoms with Crippen molar-refractivity contribution in [3.05, 3.63) is 0 Å². The molecule has 0 saturated heterocycles. The minimum Gasteiger partial charge on any atom is -0.443 e. The zero-order chi connectivity index (χ0) is 7.61. The van der Waals surface area contributed by atoms with E-state index in [1.807, 2.05) is 6.92 Å². The molecule has 1 rings (SSSR count). The van der Waals surface area contributed by atoms with Gasteiger partial charge in [0.05, 0.1) is 0 Å². The quantitative estimate of drug-likeness (QED) is 0.603. The Morgan fingerprint density at radius 2 is 2.00 bits per heavy atom. The van der Waals surface area contributed by atoms with Crippen LogP contribution in [0.1, 0.15) is 32.6 Å². The van der Waals surface area contributed by atoms with Crippen molar-refractivity contribution in [3.63, 3.8) is 0 Å². The molecule has 10 heavy (non-hydrogen) atoms. The van der Waals surface area contributed by atoms with E-state index >= 15 is 0 Å². The molecule has 3 nitrogen and oxygen atoms in total. The van der Waals surface area contributed by atoms with Crippen molar-refractivity contribution in [2.45, 2.75) is 38.2 Å². The molecule has 1 saturated carbocycles. The summed E-state index contributed by atoms with van der Waals surface area (Å²) in [5.74, 6) is 0. The van der Waals surface area contributed by atoms with E-state index in [-0.39, 0.29) is 5.60 Å². The van der Waals surface area contributed by atoms with Crippen LogP contribution < -0.4 is 5.73 Å². The average Bonchev–Trinajstić information content (AvgIpc) is 2.12. The molecule has 1 aliphatic carbocycles. The summed E-state index contributed by atoms with van der Waals surface area (Å²) < 4.78 is 4.94. The molecular formula is C7H13NO2. The summed E-state index contributed by atoms with van der Waals surface area (Å²) >= 11 is 0. The number of hydrogen-bond acceptors (Lipinski definition) is 2. The molecule has 3 heteroatoms. The maximum atomic E-state index is 10.4. The molecule has 1 amide bonds. The van der Waals surface area contributed by atoms with Gasteiger partial charge in [-0.25, -0.2) is 4.79 Å². The topological polar surface area (TPSA) is 52.3 Å². The Bertz CT molecular complexity index is 139. The monoisotopic (exact) mass is 143 g/mol. The maximum Gasteiger partial charge on any atom is 0.405 e. The molecule has 0 atom stereocenters. The van der Waals surface area contributed by atoms with Gasteiger partial charge in [-0.05, 0) is 32.6 Å². The van der Waals surface area contributed by atoms with Crippen LogP contribution >= 0.6 is 0 Å². The highest BCUT2D eigenvalue weighted by Gasteiger charge is 2.31. The number of primary amides is 1. The lowest BCUT2D eigenvalue weighted by molar-refractivity contribution is 0.0368. The zero-order valence-corrected chi connectivity index (χ0v) is 6.22. The summed E-state index contributed by atoms with van der Waals surface area (Å²) in [6.45, 7) is 1.94. The van der Waals surface area contributed by atoms with Gasteiger partial charge >= 0.3 is 6.09 Å². The predicted molar refractivity (Wildman–Crippen MR) is 37.5 cm³/mol. The normalized spacial score (nSPS) is 22.5. The van der Waals surface area contributed by atoms with Crippen LogP contribution in [0.4, 0.5) is 4.79 Å². The summed E-state index contributed by atoms with van der Waals surface area (Å²) in [6, 6.07) is 0. The van der Waals surface area contributed by atoms with E-state index in [1.165, 1.54) is 0 Å². The van der Waals surface area contributed by atoms with Crippen molar-refractivity contribution in [1.29, 1.82) is 0 Å². The van der Waals surface area contributed by atoms with Crippen molar-refractivity contribution < 1.29 is 9.53 Å². The Morgan fingerprint density at radius 1 is 1.50 bits per heavy atom. The second-order valence-electron chi connectivity index (χ2n) is 3.08. The molecule has 0 radical (unpaired) electrons. The van der Waals surface area contributed by atoms with Gasteiger partial charge in [-0.3, -0.25) is 0 Å². The fourth-order valence-electron chi connectivity index (χ4n) is 1.47. The third kappa shape index (κ3) is 1.62. The summed E-state index contributed by atoms with van der Waals surface area (Å²) in [5.41, 5.74) is 4.64. The van der Waals surface area contributed by atoms with Crippen LogP contribution in [0.25, 0.3) is 0 Å². The molecule has 0 spiro atoms. The highest BCUT2D eigenvalue weighted by atomic mass is 16.6. The van der Waals surface area contributed by atoms with Crippen LogP contribution in [0.2, 0.25) is 0 Å². The van der Waals surface area contributed by atoms with Gasteiger partial charge in [0.1, 0.15) is 5.60 Å². The lowest BCUT2D eigenvalue weighted by atomic mass is 10.1. The van der Waals surface area contributed by atoms with Crippen LogP contribution in [0, 0.1) is 0 Å². The highest BCUT2D eigenvalue weighted by Crippen LogP contribution is 2.32. The molecule has 0 unspecified atom stereocenters. The van der Waals surface area contributed by atoms with E-state index in [1.54, 1.807) is 0 Å². The first-order valence-electron chi connectivity index (χ1n) is 3.61. The van der Waals surface area contributed by atoms with Crippen molar-refractivity contribution in [2.24, 2.45) is 5.73 Å². The number of ether oxygens (including phenoxy) is 1. The fraction of sp³-hybridized carbons (Fsp3) is 0.857. The number of carbonyl (C=O) groups is 1. The Labute approximate surface area is 60.5 Å². The fourth-order valence-corrected chi connectivity index (χ4v) is 1.47. The number of carbonyl (C=O) groups excluding carboxylic acids is 1. The zero-order valence-electron chi connectivity index (χ0n) is 6.22. The largest absolute Gasteiger partial charge is 0.443 e. The van der Waals surface area contributed by atoms with Gasteiger partial charge in [-0.2, -0.15) is 0 Å². The predicted octanol–water partition coefficient (Wildman–Crippen LogP) is 1.41. The maximum absolute atomic E-state index is 10.4. The molecule has 0 aromatic rings. The molecule has 1 fully saturated rings. The Kier molecular flexibility index (Phi) is 1.83. The highest BCUT2D eigenvalue weighted by molar-refractivity contribution is 5.65. The second-order valence-corrected chi connectivity index (χ2v) is 3.08. The van der Waals surface area contributed by atoms with Crippen LogP contribution in [0.15, 0.2) is 0 Å². The van der Waals surface area contributed by atoms with Gasteiger partial charge in [-0.1, -0.05) is 0 Å². The minimum atomic E-state index is -0.649. The molecular weight excluding hydrogens is 130 g/mol. The first-order chi connectivity index (χ1) is 4.62. The Hall–Kier alpha value is -0.730. The first kappa shape index (κ1) is 7.38. The lowest BCUT2D eigenvalue weighted by Gasteiger charge is -2.22. The van der Waals surface area contributed by atoms with Crippen LogP contribution in [-0.4, -0.2) is 11.7 Å². The van der Waals surface area contributed by atoms with E-state index in [9.17, 15) is 4.79 Å². The third-order valence-electron chi connectivity index (χ3n) is 2.01. The molecule has 0 aliphatic heterocycles.